The summed E-state index contributed by atoms with van der Waals surface area (Å²) in [4.78, 5) is 0. The zero-order valence-electron chi connectivity index (χ0n) is 7.36. The summed E-state index contributed by atoms with van der Waals surface area (Å²) >= 11 is 0. The van der Waals surface area contributed by atoms with Gasteiger partial charge in [0.2, 0.25) is 0 Å². The minimum Gasteiger partial charge on any atom is -0.392 e. The van der Waals surface area contributed by atoms with Gasteiger partial charge in [0.25, 0.3) is 0 Å². The molecule has 0 saturated carbocycles. The van der Waals surface area contributed by atoms with Gasteiger partial charge in [0.05, 0.1) is 0 Å². The van der Waals surface area contributed by atoms with Gasteiger partial charge in [-0.2, -0.15) is 0 Å². The van der Waals surface area contributed by atoms with E-state index in [1.165, 1.54) is 11.3 Å². The lowest BCUT2D eigenvalue weighted by molar-refractivity contribution is 0.988. The molecule has 0 amide bonds. The Morgan fingerprint density at radius 3 is 2.30 bits per heavy atom. The Morgan fingerprint density at radius 2 is 1.90 bits per heavy atom. The summed E-state index contributed by atoms with van der Waals surface area (Å²) < 4.78 is 0. The smallest absolute Gasteiger partial charge is 0.00724 e. The van der Waals surface area contributed by atoms with Gasteiger partial charge >= 0.3 is 0 Å². The molecule has 0 unspecified atom stereocenters. The van der Waals surface area contributed by atoms with E-state index >= 15 is 0 Å². The van der Waals surface area contributed by atoms with E-state index in [0.717, 1.165) is 6.42 Å². The molecule has 0 aromatic rings. The molecule has 0 aliphatic heterocycles. The summed E-state index contributed by atoms with van der Waals surface area (Å²) in [5.74, 6) is 0. The molecule has 0 aromatic heterocycles. The third-order valence-electron chi connectivity index (χ3n) is 1.57. The molecule has 0 bridgehead atoms. The molecule has 58 valence electrons. The summed E-state index contributed by atoms with van der Waals surface area (Å²) in [5, 5.41) is 3.06. The molecule has 0 aromatic carbocycles. The maximum Gasteiger partial charge on any atom is 0.00724 e. The first kappa shape index (κ1) is 9.28. The molecular weight excluding hydrogens is 122 g/mol. The summed E-state index contributed by atoms with van der Waals surface area (Å²) in [7, 11) is 1.93. The van der Waals surface area contributed by atoms with Crippen molar-refractivity contribution in [2.24, 2.45) is 0 Å². The Labute approximate surface area is 63.8 Å². The van der Waals surface area contributed by atoms with Gasteiger partial charge in [-0.15, -0.1) is 0 Å². The van der Waals surface area contributed by atoms with Gasteiger partial charge < -0.3 is 5.32 Å². The Bertz CT molecular complexity index is 125. The molecule has 10 heavy (non-hydrogen) atoms. The monoisotopic (exact) mass is 139 g/mol. The van der Waals surface area contributed by atoms with Crippen molar-refractivity contribution in [3.63, 3.8) is 0 Å². The number of allylic oxidation sites excluding steroid dienone is 4. The molecule has 0 aliphatic rings. The van der Waals surface area contributed by atoms with E-state index < -0.39 is 0 Å². The molecule has 1 nitrogen and oxygen atoms in total. The number of nitrogens with one attached hydrogen (secondary N) is 1. The average molecular weight is 139 g/mol. The van der Waals surface area contributed by atoms with Crippen LogP contribution < -0.4 is 5.32 Å². The second-order valence-corrected chi connectivity index (χ2v) is 2.47. The van der Waals surface area contributed by atoms with Crippen LogP contribution in [-0.2, 0) is 0 Å². The SMILES string of the molecule is CC/C(C)=C/C=C(/C)NC. The van der Waals surface area contributed by atoms with Gasteiger partial charge in [-0.1, -0.05) is 18.6 Å². The Kier molecular flexibility index (Phi) is 4.73. The maximum absolute atomic E-state index is 3.06. The van der Waals surface area contributed by atoms with E-state index in [0.29, 0.717) is 0 Å². The van der Waals surface area contributed by atoms with E-state index in [2.05, 4.69) is 38.2 Å². The van der Waals surface area contributed by atoms with Crippen LogP contribution in [0.3, 0.4) is 0 Å². The summed E-state index contributed by atoms with van der Waals surface area (Å²) in [6.45, 7) is 6.35. The number of hydrogen-bond acceptors (Lipinski definition) is 1. The first-order valence-corrected chi connectivity index (χ1v) is 3.72. The van der Waals surface area contributed by atoms with Crippen molar-refractivity contribution in [3.05, 3.63) is 23.4 Å². The van der Waals surface area contributed by atoms with Gasteiger partial charge in [-0.3, -0.25) is 0 Å². The molecule has 0 fully saturated rings. The highest BCUT2D eigenvalue weighted by Crippen LogP contribution is 1.98. The largest absolute Gasteiger partial charge is 0.392 e. The van der Waals surface area contributed by atoms with Crippen molar-refractivity contribution in [2.45, 2.75) is 27.2 Å². The average Bonchev–Trinajstić information content (AvgIpc) is 1.99. The maximum atomic E-state index is 3.06. The van der Waals surface area contributed by atoms with E-state index in [1.54, 1.807) is 0 Å². The van der Waals surface area contributed by atoms with E-state index in [-0.39, 0.29) is 0 Å². The van der Waals surface area contributed by atoms with Crippen molar-refractivity contribution in [1.29, 1.82) is 0 Å². The third kappa shape index (κ3) is 4.19. The van der Waals surface area contributed by atoms with Crippen LogP contribution in [0.2, 0.25) is 0 Å². The van der Waals surface area contributed by atoms with Crippen molar-refractivity contribution in [2.75, 3.05) is 7.05 Å². The highest BCUT2D eigenvalue weighted by atomic mass is 14.8. The predicted molar refractivity (Wildman–Crippen MR) is 46.9 cm³/mol. The topological polar surface area (TPSA) is 12.0 Å². The zero-order chi connectivity index (χ0) is 7.98. The molecule has 0 heterocycles. The second kappa shape index (κ2) is 5.10. The standard InChI is InChI=1S/C9H17N/c1-5-8(2)6-7-9(3)10-4/h6-7,10H,5H2,1-4H3/b8-6+,9-7-. The fraction of sp³-hybridized carbons (Fsp3) is 0.556. The van der Waals surface area contributed by atoms with Crippen molar-refractivity contribution >= 4 is 0 Å². The minimum atomic E-state index is 1.13. The van der Waals surface area contributed by atoms with Crippen molar-refractivity contribution in [1.82, 2.24) is 5.32 Å². The lowest BCUT2D eigenvalue weighted by Gasteiger charge is -1.95. The number of rotatable bonds is 3. The summed E-state index contributed by atoms with van der Waals surface area (Å²) in [5.41, 5.74) is 2.61. The Balaban J connectivity index is 3.91. The Hall–Kier alpha value is -0.720. The Morgan fingerprint density at radius 1 is 1.30 bits per heavy atom. The molecule has 1 N–H and O–H groups in total. The van der Waals surface area contributed by atoms with E-state index in [9.17, 15) is 0 Å². The molecule has 1 heteroatoms. The van der Waals surface area contributed by atoms with Crippen LogP contribution in [0.1, 0.15) is 27.2 Å². The van der Waals surface area contributed by atoms with Crippen LogP contribution in [0.5, 0.6) is 0 Å². The third-order valence-corrected chi connectivity index (χ3v) is 1.57. The minimum absolute atomic E-state index is 1.13. The first-order chi connectivity index (χ1) is 4.70. The molecular formula is C9H17N. The second-order valence-electron chi connectivity index (χ2n) is 2.47. The summed E-state index contributed by atoms with van der Waals surface area (Å²) in [6, 6.07) is 0. The molecule has 0 atom stereocenters. The van der Waals surface area contributed by atoms with Gasteiger partial charge in [0, 0.05) is 12.7 Å². The molecule has 0 rings (SSSR count). The van der Waals surface area contributed by atoms with Crippen molar-refractivity contribution in [3.8, 4) is 0 Å². The highest BCUT2D eigenvalue weighted by Gasteiger charge is 1.80. The zero-order valence-corrected chi connectivity index (χ0v) is 7.36. The molecule has 0 aliphatic carbocycles. The fourth-order valence-electron chi connectivity index (χ4n) is 0.468. The highest BCUT2D eigenvalue weighted by molar-refractivity contribution is 5.13. The first-order valence-electron chi connectivity index (χ1n) is 3.72. The fourth-order valence-corrected chi connectivity index (χ4v) is 0.468. The predicted octanol–water partition coefficient (Wildman–Crippen LogP) is 2.47. The van der Waals surface area contributed by atoms with Crippen LogP contribution in [0, 0.1) is 0 Å². The molecule has 0 radical (unpaired) electrons. The molecule has 0 spiro atoms. The van der Waals surface area contributed by atoms with Gasteiger partial charge in [-0.05, 0) is 26.3 Å². The summed E-state index contributed by atoms with van der Waals surface area (Å²) in [6.07, 6.45) is 5.37. The quantitative estimate of drug-likeness (QED) is 0.592. The lowest BCUT2D eigenvalue weighted by atomic mass is 10.2. The van der Waals surface area contributed by atoms with E-state index in [1.807, 2.05) is 7.05 Å². The van der Waals surface area contributed by atoms with E-state index in [4.69, 9.17) is 0 Å². The van der Waals surface area contributed by atoms with Crippen molar-refractivity contribution < 1.29 is 0 Å². The lowest BCUT2D eigenvalue weighted by Crippen LogP contribution is -2.00. The number of hydrogen-bond donors (Lipinski definition) is 1. The van der Waals surface area contributed by atoms with Crippen LogP contribution in [-0.4, -0.2) is 7.05 Å². The van der Waals surface area contributed by atoms with Crippen LogP contribution in [0.4, 0.5) is 0 Å². The van der Waals surface area contributed by atoms with Gasteiger partial charge in [0.15, 0.2) is 0 Å². The molecule has 0 saturated heterocycles. The van der Waals surface area contributed by atoms with Crippen LogP contribution in [0.25, 0.3) is 0 Å². The van der Waals surface area contributed by atoms with Crippen LogP contribution >= 0.6 is 0 Å². The normalized spacial score (nSPS) is 13.6. The van der Waals surface area contributed by atoms with Gasteiger partial charge in [-0.25, -0.2) is 0 Å². The van der Waals surface area contributed by atoms with Crippen LogP contribution in [0.15, 0.2) is 23.4 Å². The van der Waals surface area contributed by atoms with Gasteiger partial charge in [0.1, 0.15) is 0 Å².